The van der Waals surface area contributed by atoms with Crippen molar-refractivity contribution in [3.05, 3.63) is 35.9 Å². The van der Waals surface area contributed by atoms with Gasteiger partial charge in [0.25, 0.3) is 0 Å². The first kappa shape index (κ1) is 13.2. The minimum absolute atomic E-state index is 0.0282. The molecule has 2 aliphatic rings. The van der Waals surface area contributed by atoms with Gasteiger partial charge in [-0.3, -0.25) is 4.79 Å². The van der Waals surface area contributed by atoms with Crippen LogP contribution in [0.3, 0.4) is 0 Å². The Bertz CT molecular complexity index is 500. The Morgan fingerprint density at radius 1 is 1.20 bits per heavy atom. The molecule has 1 aliphatic heterocycles. The van der Waals surface area contributed by atoms with Crippen LogP contribution in [-0.4, -0.2) is 29.0 Å². The van der Waals surface area contributed by atoms with Crippen LogP contribution >= 0.6 is 0 Å². The zero-order chi connectivity index (χ0) is 13.9. The summed E-state index contributed by atoms with van der Waals surface area (Å²) in [7, 11) is 0. The van der Waals surface area contributed by atoms with Gasteiger partial charge in [0.2, 0.25) is 5.91 Å². The quantitative estimate of drug-likeness (QED) is 0.850. The smallest absolute Gasteiger partial charge is 0.417 e. The summed E-state index contributed by atoms with van der Waals surface area (Å²) in [5, 5.41) is 0. The molecule has 1 aromatic rings. The Labute approximate surface area is 118 Å². The van der Waals surface area contributed by atoms with E-state index >= 15 is 0 Å². The summed E-state index contributed by atoms with van der Waals surface area (Å²) in [6.45, 7) is 0. The Hall–Kier alpha value is -1.84. The molecule has 2 atom stereocenters. The molecule has 2 amide bonds. The fourth-order valence-electron chi connectivity index (χ4n) is 3.13. The first-order valence-corrected chi connectivity index (χ1v) is 7.32. The Balaban J connectivity index is 1.63. The number of hydrogen-bond donors (Lipinski definition) is 0. The number of fused-ring (bicyclic) bond motifs is 1. The fraction of sp³-hybridized carbons (Fsp3) is 0.500. The third-order valence-electron chi connectivity index (χ3n) is 4.19. The minimum Gasteiger partial charge on any atom is -0.444 e. The van der Waals surface area contributed by atoms with E-state index in [4.69, 9.17) is 4.74 Å². The molecule has 0 bridgehead atoms. The van der Waals surface area contributed by atoms with Gasteiger partial charge in [-0.2, -0.15) is 0 Å². The largest absolute Gasteiger partial charge is 0.444 e. The molecule has 0 aromatic heterocycles. The Morgan fingerprint density at radius 3 is 2.75 bits per heavy atom. The van der Waals surface area contributed by atoms with Crippen molar-refractivity contribution in [2.24, 2.45) is 0 Å². The molecule has 1 aliphatic carbocycles. The number of carbonyl (C=O) groups excluding carboxylic acids is 2. The third kappa shape index (κ3) is 2.55. The molecular weight excluding hydrogens is 254 g/mol. The van der Waals surface area contributed by atoms with Crippen molar-refractivity contribution in [2.45, 2.75) is 50.7 Å². The SMILES string of the molecule is O=C(CCc1ccccc1)N1C(=O)O[C@H]2CCCC[C@H]21. The van der Waals surface area contributed by atoms with Crippen LogP contribution in [0.25, 0.3) is 0 Å². The average Bonchev–Trinajstić information content (AvgIpc) is 2.82. The van der Waals surface area contributed by atoms with Crippen LogP contribution in [0.4, 0.5) is 4.79 Å². The molecule has 2 fully saturated rings. The lowest BCUT2D eigenvalue weighted by Gasteiger charge is -2.26. The molecular formula is C16H19NO3. The van der Waals surface area contributed by atoms with E-state index in [9.17, 15) is 9.59 Å². The highest BCUT2D eigenvalue weighted by molar-refractivity contribution is 5.93. The topological polar surface area (TPSA) is 46.6 Å². The van der Waals surface area contributed by atoms with Crippen molar-refractivity contribution in [1.29, 1.82) is 0 Å². The average molecular weight is 273 g/mol. The number of aryl methyl sites for hydroxylation is 1. The number of ether oxygens (including phenoxy) is 1. The first-order valence-electron chi connectivity index (χ1n) is 7.32. The van der Waals surface area contributed by atoms with Gasteiger partial charge in [-0.1, -0.05) is 36.8 Å². The number of rotatable bonds is 3. The maximum atomic E-state index is 12.3. The van der Waals surface area contributed by atoms with E-state index in [1.807, 2.05) is 30.3 Å². The van der Waals surface area contributed by atoms with Crippen LogP contribution in [0.15, 0.2) is 30.3 Å². The van der Waals surface area contributed by atoms with Crippen molar-refractivity contribution >= 4 is 12.0 Å². The Morgan fingerprint density at radius 2 is 1.95 bits per heavy atom. The van der Waals surface area contributed by atoms with Crippen LogP contribution in [0.5, 0.6) is 0 Å². The molecule has 4 heteroatoms. The second kappa shape index (κ2) is 5.65. The zero-order valence-corrected chi connectivity index (χ0v) is 11.5. The molecule has 1 saturated heterocycles. The van der Waals surface area contributed by atoms with Crippen molar-refractivity contribution in [2.75, 3.05) is 0 Å². The van der Waals surface area contributed by atoms with E-state index in [2.05, 4.69) is 0 Å². The predicted molar refractivity (Wildman–Crippen MR) is 74.1 cm³/mol. The van der Waals surface area contributed by atoms with Crippen LogP contribution in [-0.2, 0) is 16.0 Å². The van der Waals surface area contributed by atoms with Crippen LogP contribution in [0, 0.1) is 0 Å². The molecule has 106 valence electrons. The number of amides is 2. The summed E-state index contributed by atoms with van der Waals surface area (Å²) in [4.78, 5) is 25.6. The lowest BCUT2D eigenvalue weighted by Crippen LogP contribution is -2.42. The summed E-state index contributed by atoms with van der Waals surface area (Å²) in [5.74, 6) is -0.103. The van der Waals surface area contributed by atoms with E-state index in [-0.39, 0.29) is 18.1 Å². The summed E-state index contributed by atoms with van der Waals surface area (Å²) in [5.41, 5.74) is 1.12. The van der Waals surface area contributed by atoms with Crippen molar-refractivity contribution in [1.82, 2.24) is 4.90 Å². The summed E-state index contributed by atoms with van der Waals surface area (Å²) in [6, 6.07) is 9.84. The Kier molecular flexibility index (Phi) is 3.72. The fourth-order valence-corrected chi connectivity index (χ4v) is 3.13. The predicted octanol–water partition coefficient (Wildman–Crippen LogP) is 2.91. The van der Waals surface area contributed by atoms with E-state index in [1.54, 1.807) is 0 Å². The van der Waals surface area contributed by atoms with Gasteiger partial charge in [0, 0.05) is 6.42 Å². The molecule has 0 unspecified atom stereocenters. The lowest BCUT2D eigenvalue weighted by atomic mass is 9.92. The number of benzene rings is 1. The maximum absolute atomic E-state index is 12.3. The van der Waals surface area contributed by atoms with Gasteiger partial charge in [-0.25, -0.2) is 9.69 Å². The highest BCUT2D eigenvalue weighted by Crippen LogP contribution is 2.32. The third-order valence-corrected chi connectivity index (χ3v) is 4.19. The normalized spacial score (nSPS) is 25.2. The number of nitrogens with zero attached hydrogens (tertiary/aromatic N) is 1. The molecule has 0 spiro atoms. The van der Waals surface area contributed by atoms with Gasteiger partial charge < -0.3 is 4.74 Å². The lowest BCUT2D eigenvalue weighted by molar-refractivity contribution is -0.129. The van der Waals surface area contributed by atoms with E-state index in [0.717, 1.165) is 31.2 Å². The summed E-state index contributed by atoms with van der Waals surface area (Å²) in [6.07, 6.45) is 4.44. The van der Waals surface area contributed by atoms with E-state index in [0.29, 0.717) is 12.8 Å². The van der Waals surface area contributed by atoms with Gasteiger partial charge in [0.15, 0.2) is 0 Å². The molecule has 3 rings (SSSR count). The van der Waals surface area contributed by atoms with Gasteiger partial charge in [0.1, 0.15) is 6.10 Å². The molecule has 0 radical (unpaired) electrons. The van der Waals surface area contributed by atoms with Crippen LogP contribution < -0.4 is 0 Å². The van der Waals surface area contributed by atoms with E-state index in [1.165, 1.54) is 4.90 Å². The standard InChI is InChI=1S/C16H19NO3/c18-15(11-10-12-6-2-1-3-7-12)17-13-8-4-5-9-14(13)20-16(17)19/h1-3,6-7,13-14H,4-5,8-11H2/t13-,14+/m1/s1. The molecule has 1 aromatic carbocycles. The molecule has 20 heavy (non-hydrogen) atoms. The number of hydrogen-bond acceptors (Lipinski definition) is 3. The maximum Gasteiger partial charge on any atom is 0.417 e. The monoisotopic (exact) mass is 273 g/mol. The molecule has 1 saturated carbocycles. The van der Waals surface area contributed by atoms with Gasteiger partial charge >= 0.3 is 6.09 Å². The zero-order valence-electron chi connectivity index (χ0n) is 11.5. The van der Waals surface area contributed by atoms with Crippen LogP contribution in [0.2, 0.25) is 0 Å². The first-order chi connectivity index (χ1) is 9.75. The summed E-state index contributed by atoms with van der Waals surface area (Å²) < 4.78 is 5.32. The van der Waals surface area contributed by atoms with Crippen molar-refractivity contribution in [3.63, 3.8) is 0 Å². The molecule has 1 heterocycles. The molecule has 0 N–H and O–H groups in total. The minimum atomic E-state index is -0.444. The van der Waals surface area contributed by atoms with Gasteiger partial charge in [-0.05, 0) is 31.2 Å². The number of imide groups is 1. The highest BCUT2D eigenvalue weighted by atomic mass is 16.6. The van der Waals surface area contributed by atoms with Gasteiger partial charge in [0.05, 0.1) is 6.04 Å². The second-order valence-electron chi connectivity index (χ2n) is 5.52. The summed E-state index contributed by atoms with van der Waals surface area (Å²) >= 11 is 0. The highest BCUT2D eigenvalue weighted by Gasteiger charge is 2.45. The van der Waals surface area contributed by atoms with Crippen molar-refractivity contribution in [3.8, 4) is 0 Å². The molecule has 4 nitrogen and oxygen atoms in total. The van der Waals surface area contributed by atoms with Crippen molar-refractivity contribution < 1.29 is 14.3 Å². The van der Waals surface area contributed by atoms with Crippen LogP contribution in [0.1, 0.15) is 37.7 Å². The van der Waals surface area contributed by atoms with Gasteiger partial charge in [-0.15, -0.1) is 0 Å². The van der Waals surface area contributed by atoms with E-state index < -0.39 is 6.09 Å². The second-order valence-corrected chi connectivity index (χ2v) is 5.52. The number of carbonyl (C=O) groups is 2.